The largest absolute Gasteiger partial charge is 0.475 e. The second kappa shape index (κ2) is 5.10. The van der Waals surface area contributed by atoms with Crippen LogP contribution in [0.2, 0.25) is 0 Å². The lowest BCUT2D eigenvalue weighted by atomic mass is 10.1. The summed E-state index contributed by atoms with van der Waals surface area (Å²) in [5.41, 5.74) is 1.14. The molecule has 8 heteroatoms. The maximum absolute atomic E-state index is 12.4. The second-order valence-electron chi connectivity index (χ2n) is 4.22. The van der Waals surface area contributed by atoms with Crippen LogP contribution in [0.25, 0.3) is 0 Å². The van der Waals surface area contributed by atoms with E-state index >= 15 is 0 Å². The number of carboxylic acid groups (broad SMARTS) is 1. The molecule has 1 aromatic rings. The van der Waals surface area contributed by atoms with E-state index in [4.69, 9.17) is 9.52 Å². The van der Waals surface area contributed by atoms with Crippen molar-refractivity contribution in [2.24, 2.45) is 0 Å². The Morgan fingerprint density at radius 1 is 1.53 bits per heavy atom. The van der Waals surface area contributed by atoms with Crippen molar-refractivity contribution in [3.63, 3.8) is 0 Å². The zero-order valence-electron chi connectivity index (χ0n) is 10.1. The number of furan rings is 1. The minimum absolute atomic E-state index is 0.0869. The van der Waals surface area contributed by atoms with Gasteiger partial charge in [-0.25, -0.2) is 13.2 Å². The number of rotatable bonds is 3. The van der Waals surface area contributed by atoms with E-state index in [1.165, 1.54) is 4.31 Å². The van der Waals surface area contributed by atoms with E-state index in [1.807, 2.05) is 13.0 Å². The predicted molar refractivity (Wildman–Crippen MR) is 70.5 cm³/mol. The van der Waals surface area contributed by atoms with Crippen molar-refractivity contribution >= 4 is 31.9 Å². The Morgan fingerprint density at radius 3 is 2.68 bits per heavy atom. The van der Waals surface area contributed by atoms with Gasteiger partial charge in [0, 0.05) is 19.2 Å². The van der Waals surface area contributed by atoms with Gasteiger partial charge < -0.3 is 9.52 Å². The molecule has 0 aromatic carbocycles. The molecule has 1 aliphatic rings. The highest BCUT2D eigenvalue weighted by Gasteiger charge is 2.31. The molecule has 6 nitrogen and oxygen atoms in total. The topological polar surface area (TPSA) is 87.8 Å². The fourth-order valence-corrected chi connectivity index (χ4v) is 4.03. The fourth-order valence-electron chi connectivity index (χ4n) is 1.74. The third-order valence-electron chi connectivity index (χ3n) is 2.88. The molecule has 0 spiro atoms. The SMILES string of the molecule is CC1=CCN(S(=O)(=O)c2cc(C(=O)O)oc2Br)CC1. The van der Waals surface area contributed by atoms with Gasteiger partial charge in [0.05, 0.1) is 0 Å². The van der Waals surface area contributed by atoms with E-state index in [0.717, 1.165) is 11.6 Å². The number of nitrogens with zero attached hydrogens (tertiary/aromatic N) is 1. The highest BCUT2D eigenvalue weighted by molar-refractivity contribution is 9.10. The monoisotopic (exact) mass is 349 g/mol. The van der Waals surface area contributed by atoms with E-state index < -0.39 is 21.8 Å². The average molecular weight is 350 g/mol. The zero-order valence-corrected chi connectivity index (χ0v) is 12.5. The Hall–Kier alpha value is -1.12. The molecule has 104 valence electrons. The summed E-state index contributed by atoms with van der Waals surface area (Å²) in [7, 11) is -3.74. The molecular formula is C11H12BrNO5S. The van der Waals surface area contributed by atoms with Gasteiger partial charge in [0.25, 0.3) is 0 Å². The maximum Gasteiger partial charge on any atom is 0.371 e. The van der Waals surface area contributed by atoms with Crippen molar-refractivity contribution in [2.45, 2.75) is 18.2 Å². The van der Waals surface area contributed by atoms with Crippen LogP contribution in [-0.2, 0) is 10.0 Å². The quantitative estimate of drug-likeness (QED) is 0.844. The van der Waals surface area contributed by atoms with Crippen LogP contribution in [0.1, 0.15) is 23.9 Å². The molecule has 0 saturated carbocycles. The number of carbonyl (C=O) groups is 1. The first-order chi connectivity index (χ1) is 8.82. The van der Waals surface area contributed by atoms with Crippen molar-refractivity contribution in [3.05, 3.63) is 28.1 Å². The Balaban J connectivity index is 2.37. The summed E-state index contributed by atoms with van der Waals surface area (Å²) in [6.07, 6.45) is 2.51. The van der Waals surface area contributed by atoms with Gasteiger partial charge in [0.2, 0.25) is 15.8 Å². The Kier molecular flexibility index (Phi) is 3.84. The van der Waals surface area contributed by atoms with E-state index in [0.29, 0.717) is 13.0 Å². The number of aromatic carboxylic acids is 1. The van der Waals surface area contributed by atoms with Crippen molar-refractivity contribution in [2.75, 3.05) is 13.1 Å². The molecular weight excluding hydrogens is 338 g/mol. The molecule has 0 unspecified atom stereocenters. The molecule has 0 saturated heterocycles. The Bertz CT molecular complexity index is 646. The number of hydrogen-bond donors (Lipinski definition) is 1. The third-order valence-corrected chi connectivity index (χ3v) is 5.61. The molecule has 2 heterocycles. The van der Waals surface area contributed by atoms with Gasteiger partial charge in [-0.15, -0.1) is 0 Å². The van der Waals surface area contributed by atoms with Crippen LogP contribution < -0.4 is 0 Å². The fraction of sp³-hybridized carbons (Fsp3) is 0.364. The summed E-state index contributed by atoms with van der Waals surface area (Å²) in [5, 5.41) is 8.80. The van der Waals surface area contributed by atoms with Gasteiger partial charge in [-0.1, -0.05) is 11.6 Å². The molecule has 0 radical (unpaired) electrons. The minimum Gasteiger partial charge on any atom is -0.475 e. The van der Waals surface area contributed by atoms with E-state index in [9.17, 15) is 13.2 Å². The van der Waals surface area contributed by atoms with Crippen molar-refractivity contribution < 1.29 is 22.7 Å². The lowest BCUT2D eigenvalue weighted by Gasteiger charge is -2.24. The Morgan fingerprint density at radius 2 is 2.21 bits per heavy atom. The van der Waals surface area contributed by atoms with Crippen LogP contribution in [0.15, 0.2) is 31.7 Å². The number of halogens is 1. The maximum atomic E-state index is 12.4. The summed E-state index contributed by atoms with van der Waals surface area (Å²) < 4.78 is 30.8. The molecule has 1 aromatic heterocycles. The smallest absolute Gasteiger partial charge is 0.371 e. The van der Waals surface area contributed by atoms with Gasteiger partial charge in [-0.3, -0.25) is 0 Å². The van der Waals surface area contributed by atoms with Gasteiger partial charge >= 0.3 is 5.97 Å². The molecule has 0 atom stereocenters. The van der Waals surface area contributed by atoms with Gasteiger partial charge in [-0.2, -0.15) is 4.31 Å². The van der Waals surface area contributed by atoms with Crippen LogP contribution in [0.5, 0.6) is 0 Å². The van der Waals surface area contributed by atoms with Crippen LogP contribution in [0.4, 0.5) is 0 Å². The first-order valence-electron chi connectivity index (χ1n) is 5.51. The Labute approximate surface area is 118 Å². The van der Waals surface area contributed by atoms with Crippen LogP contribution in [0, 0.1) is 0 Å². The lowest BCUT2D eigenvalue weighted by Crippen LogP contribution is -2.34. The van der Waals surface area contributed by atoms with Crippen LogP contribution in [-0.4, -0.2) is 36.9 Å². The molecule has 1 N–H and O–H groups in total. The standard InChI is InChI=1S/C11H12BrNO5S/c1-7-2-4-13(5-3-7)19(16,17)9-6-8(11(14)15)18-10(9)12/h2,6H,3-5H2,1H3,(H,14,15). The second-order valence-corrected chi connectivity index (χ2v) is 6.84. The van der Waals surface area contributed by atoms with Gasteiger partial charge in [0.1, 0.15) is 4.90 Å². The van der Waals surface area contributed by atoms with Crippen molar-refractivity contribution in [1.82, 2.24) is 4.31 Å². The van der Waals surface area contributed by atoms with Crippen LogP contribution in [0.3, 0.4) is 0 Å². The molecule has 0 aliphatic carbocycles. The summed E-state index contributed by atoms with van der Waals surface area (Å²) in [6, 6.07) is 1.02. The number of sulfonamides is 1. The molecule has 2 rings (SSSR count). The van der Waals surface area contributed by atoms with E-state index in [-0.39, 0.29) is 16.1 Å². The predicted octanol–water partition coefficient (Wildman–Crippen LogP) is 2.08. The highest BCUT2D eigenvalue weighted by atomic mass is 79.9. The number of hydrogen-bond acceptors (Lipinski definition) is 4. The van der Waals surface area contributed by atoms with E-state index in [2.05, 4.69) is 15.9 Å². The summed E-state index contributed by atoms with van der Waals surface area (Å²) in [5.74, 6) is -1.72. The average Bonchev–Trinajstić information content (AvgIpc) is 2.73. The molecule has 0 fully saturated rings. The van der Waals surface area contributed by atoms with Gasteiger partial charge in [-0.05, 0) is 29.3 Å². The normalized spacial score (nSPS) is 17.3. The van der Waals surface area contributed by atoms with Crippen molar-refractivity contribution in [3.8, 4) is 0 Å². The third kappa shape index (κ3) is 2.75. The first kappa shape index (κ1) is 14.3. The molecule has 1 aliphatic heterocycles. The summed E-state index contributed by atoms with van der Waals surface area (Å²) in [6.45, 7) is 2.61. The van der Waals surface area contributed by atoms with E-state index in [1.54, 1.807) is 0 Å². The van der Waals surface area contributed by atoms with Crippen LogP contribution >= 0.6 is 15.9 Å². The number of carboxylic acids is 1. The van der Waals surface area contributed by atoms with Crippen molar-refractivity contribution in [1.29, 1.82) is 0 Å². The molecule has 0 amide bonds. The lowest BCUT2D eigenvalue weighted by molar-refractivity contribution is 0.0661. The summed E-state index contributed by atoms with van der Waals surface area (Å²) in [4.78, 5) is 10.6. The van der Waals surface area contributed by atoms with Gasteiger partial charge in [0.15, 0.2) is 4.67 Å². The first-order valence-corrected chi connectivity index (χ1v) is 7.74. The summed E-state index contributed by atoms with van der Waals surface area (Å²) >= 11 is 2.95. The minimum atomic E-state index is -3.74. The molecule has 19 heavy (non-hydrogen) atoms. The molecule has 0 bridgehead atoms. The zero-order chi connectivity index (χ0) is 14.2. The highest BCUT2D eigenvalue weighted by Crippen LogP contribution is 2.30.